The molecule has 0 radical (unpaired) electrons. The number of aliphatic hydroxyl groups is 1. The highest BCUT2D eigenvalue weighted by Gasteiger charge is 2.28. The molecule has 0 aromatic heterocycles. The molecule has 0 aromatic carbocycles. The quantitative estimate of drug-likeness (QED) is 0.558. The van der Waals surface area contributed by atoms with E-state index in [2.05, 4.69) is 4.84 Å². The molecule has 0 aromatic rings. The lowest BCUT2D eigenvalue weighted by atomic mass is 9.86. The van der Waals surface area contributed by atoms with Gasteiger partial charge in [0.15, 0.2) is 0 Å². The van der Waals surface area contributed by atoms with E-state index >= 15 is 0 Å². The highest BCUT2D eigenvalue weighted by atomic mass is 16.6. The van der Waals surface area contributed by atoms with Crippen LogP contribution in [0.4, 0.5) is 0 Å². The van der Waals surface area contributed by atoms with Crippen LogP contribution in [0.5, 0.6) is 0 Å². The van der Waals surface area contributed by atoms with Crippen LogP contribution in [0, 0.1) is 0 Å². The third-order valence-electron chi connectivity index (χ3n) is 2.14. The Labute approximate surface area is 61.1 Å². The van der Waals surface area contributed by atoms with Gasteiger partial charge >= 0.3 is 0 Å². The Morgan fingerprint density at radius 3 is 2.40 bits per heavy atom. The number of rotatable bonds is 2. The van der Waals surface area contributed by atoms with Crippen molar-refractivity contribution in [2.45, 2.75) is 37.7 Å². The summed E-state index contributed by atoms with van der Waals surface area (Å²) >= 11 is 0. The molecular formula is C7H15NO2. The molecule has 1 aliphatic rings. The molecule has 0 atom stereocenters. The molecule has 0 amide bonds. The third-order valence-corrected chi connectivity index (χ3v) is 2.14. The van der Waals surface area contributed by atoms with Crippen LogP contribution in [0.1, 0.15) is 32.1 Å². The smallest absolute Gasteiger partial charge is 0.0966 e. The van der Waals surface area contributed by atoms with Crippen LogP contribution in [0.3, 0.4) is 0 Å². The second-order valence-corrected chi connectivity index (χ2v) is 3.10. The largest absolute Gasteiger partial charge is 0.387 e. The molecule has 1 saturated carbocycles. The van der Waals surface area contributed by atoms with Crippen LogP contribution in [-0.2, 0) is 4.84 Å². The lowest BCUT2D eigenvalue weighted by Gasteiger charge is -2.30. The molecule has 0 bridgehead atoms. The minimum absolute atomic E-state index is 0.285. The van der Waals surface area contributed by atoms with Crippen molar-refractivity contribution in [2.75, 3.05) is 6.61 Å². The SMILES string of the molecule is NOCC1(O)CCCCC1. The Morgan fingerprint density at radius 1 is 1.30 bits per heavy atom. The highest BCUT2D eigenvalue weighted by Crippen LogP contribution is 2.27. The van der Waals surface area contributed by atoms with Crippen molar-refractivity contribution in [1.82, 2.24) is 0 Å². The number of nitrogens with two attached hydrogens (primary N) is 1. The van der Waals surface area contributed by atoms with E-state index < -0.39 is 5.60 Å². The van der Waals surface area contributed by atoms with Crippen molar-refractivity contribution in [3.05, 3.63) is 0 Å². The molecule has 60 valence electrons. The van der Waals surface area contributed by atoms with E-state index in [1.54, 1.807) is 0 Å². The molecule has 0 unspecified atom stereocenters. The van der Waals surface area contributed by atoms with Crippen molar-refractivity contribution >= 4 is 0 Å². The highest BCUT2D eigenvalue weighted by molar-refractivity contribution is 4.81. The van der Waals surface area contributed by atoms with Gasteiger partial charge in [0.25, 0.3) is 0 Å². The maximum atomic E-state index is 9.67. The Morgan fingerprint density at radius 2 is 1.90 bits per heavy atom. The second kappa shape index (κ2) is 3.32. The van der Waals surface area contributed by atoms with Crippen molar-refractivity contribution in [1.29, 1.82) is 0 Å². The zero-order chi connectivity index (χ0) is 7.45. The third kappa shape index (κ3) is 1.94. The second-order valence-electron chi connectivity index (χ2n) is 3.10. The molecule has 3 heteroatoms. The summed E-state index contributed by atoms with van der Waals surface area (Å²) in [5.74, 6) is 4.88. The lowest BCUT2D eigenvalue weighted by molar-refractivity contribution is -0.0692. The lowest BCUT2D eigenvalue weighted by Crippen LogP contribution is -2.37. The summed E-state index contributed by atoms with van der Waals surface area (Å²) in [6.07, 6.45) is 5.10. The van der Waals surface area contributed by atoms with Gasteiger partial charge in [0.2, 0.25) is 0 Å². The van der Waals surface area contributed by atoms with E-state index in [9.17, 15) is 5.11 Å². The minimum Gasteiger partial charge on any atom is -0.387 e. The van der Waals surface area contributed by atoms with E-state index in [0.29, 0.717) is 0 Å². The topological polar surface area (TPSA) is 55.5 Å². The predicted octanol–water partition coefficient (Wildman–Crippen LogP) is 0.572. The Kier molecular flexibility index (Phi) is 2.65. The fraction of sp³-hybridized carbons (Fsp3) is 1.00. The van der Waals surface area contributed by atoms with Crippen LogP contribution in [-0.4, -0.2) is 17.3 Å². The zero-order valence-electron chi connectivity index (χ0n) is 6.18. The molecule has 0 aliphatic heterocycles. The number of hydrogen-bond acceptors (Lipinski definition) is 3. The van der Waals surface area contributed by atoms with Gasteiger partial charge in [-0.3, -0.25) is 0 Å². The summed E-state index contributed by atoms with van der Waals surface area (Å²) in [4.78, 5) is 4.43. The molecule has 3 nitrogen and oxygen atoms in total. The van der Waals surface area contributed by atoms with Crippen LogP contribution >= 0.6 is 0 Å². The van der Waals surface area contributed by atoms with Gasteiger partial charge in [-0.15, -0.1) is 0 Å². The Balaban J connectivity index is 2.32. The predicted molar refractivity (Wildman–Crippen MR) is 38.2 cm³/mol. The van der Waals surface area contributed by atoms with Gasteiger partial charge in [0.1, 0.15) is 0 Å². The van der Waals surface area contributed by atoms with Gasteiger partial charge in [-0.25, -0.2) is 5.90 Å². The first-order chi connectivity index (χ1) is 4.77. The Bertz CT molecular complexity index is 94.3. The van der Waals surface area contributed by atoms with Crippen molar-refractivity contribution < 1.29 is 9.94 Å². The first-order valence-corrected chi connectivity index (χ1v) is 3.81. The van der Waals surface area contributed by atoms with Gasteiger partial charge < -0.3 is 9.94 Å². The first-order valence-electron chi connectivity index (χ1n) is 3.81. The van der Waals surface area contributed by atoms with Crippen LogP contribution in [0.15, 0.2) is 0 Å². The standard InChI is InChI=1S/C7H15NO2/c8-10-6-7(9)4-2-1-3-5-7/h9H,1-6,8H2. The fourth-order valence-corrected chi connectivity index (χ4v) is 1.51. The van der Waals surface area contributed by atoms with Crippen molar-refractivity contribution in [3.63, 3.8) is 0 Å². The molecule has 1 fully saturated rings. The summed E-state index contributed by atoms with van der Waals surface area (Å²) in [6, 6.07) is 0. The van der Waals surface area contributed by atoms with Gasteiger partial charge in [-0.05, 0) is 12.8 Å². The van der Waals surface area contributed by atoms with Crippen molar-refractivity contribution in [2.24, 2.45) is 5.90 Å². The maximum absolute atomic E-state index is 9.67. The fourth-order valence-electron chi connectivity index (χ4n) is 1.51. The summed E-state index contributed by atoms with van der Waals surface area (Å²) in [5.41, 5.74) is -0.618. The van der Waals surface area contributed by atoms with E-state index in [0.717, 1.165) is 25.7 Å². The van der Waals surface area contributed by atoms with E-state index in [1.807, 2.05) is 0 Å². The van der Waals surface area contributed by atoms with E-state index in [1.165, 1.54) is 6.42 Å². The first kappa shape index (κ1) is 7.98. The number of hydrogen-bond donors (Lipinski definition) is 2. The van der Waals surface area contributed by atoms with Gasteiger partial charge in [0, 0.05) is 0 Å². The molecule has 10 heavy (non-hydrogen) atoms. The molecule has 1 aliphatic carbocycles. The molecule has 0 saturated heterocycles. The molecule has 1 rings (SSSR count). The van der Waals surface area contributed by atoms with Crippen LogP contribution in [0.2, 0.25) is 0 Å². The van der Waals surface area contributed by atoms with Gasteiger partial charge in [0.05, 0.1) is 12.2 Å². The van der Waals surface area contributed by atoms with Crippen LogP contribution in [0.25, 0.3) is 0 Å². The summed E-state index contributed by atoms with van der Waals surface area (Å²) in [6.45, 7) is 0.285. The average Bonchev–Trinajstić information content (AvgIpc) is 1.89. The Hall–Kier alpha value is -0.120. The maximum Gasteiger partial charge on any atom is 0.0966 e. The van der Waals surface area contributed by atoms with Crippen LogP contribution < -0.4 is 5.90 Å². The monoisotopic (exact) mass is 145 g/mol. The summed E-state index contributed by atoms with van der Waals surface area (Å²) in [5, 5.41) is 9.67. The molecule has 3 N–H and O–H groups in total. The van der Waals surface area contributed by atoms with E-state index in [4.69, 9.17) is 5.90 Å². The van der Waals surface area contributed by atoms with E-state index in [-0.39, 0.29) is 6.61 Å². The average molecular weight is 145 g/mol. The molecule has 0 heterocycles. The zero-order valence-corrected chi connectivity index (χ0v) is 6.18. The molecular weight excluding hydrogens is 130 g/mol. The van der Waals surface area contributed by atoms with Gasteiger partial charge in [-0.1, -0.05) is 19.3 Å². The summed E-state index contributed by atoms with van der Waals surface area (Å²) in [7, 11) is 0. The molecule has 0 spiro atoms. The normalized spacial score (nSPS) is 24.6. The summed E-state index contributed by atoms with van der Waals surface area (Å²) < 4.78 is 0. The van der Waals surface area contributed by atoms with Crippen molar-refractivity contribution in [3.8, 4) is 0 Å². The minimum atomic E-state index is -0.618. The van der Waals surface area contributed by atoms with Gasteiger partial charge in [-0.2, -0.15) is 0 Å².